The quantitative estimate of drug-likeness (QED) is 0.649. The summed E-state index contributed by atoms with van der Waals surface area (Å²) in [5.41, 5.74) is 3.53. The Morgan fingerprint density at radius 3 is 2.58 bits per heavy atom. The summed E-state index contributed by atoms with van der Waals surface area (Å²) in [6, 6.07) is 18.9. The van der Waals surface area contributed by atoms with Crippen molar-refractivity contribution in [2.24, 2.45) is 0 Å². The lowest BCUT2D eigenvalue weighted by molar-refractivity contribution is 0.413. The zero-order valence-electron chi connectivity index (χ0n) is 14.5. The van der Waals surface area contributed by atoms with Crippen LogP contribution in [0.25, 0.3) is 0 Å². The molecule has 1 aliphatic heterocycles. The number of methoxy groups -OCH3 is 1. The number of nitrogens with zero attached hydrogens (tertiary/aromatic N) is 1. The molecule has 0 saturated carbocycles. The third-order valence-electron chi connectivity index (χ3n) is 4.90. The molecule has 0 aromatic heterocycles. The highest BCUT2D eigenvalue weighted by Gasteiger charge is 2.30. The normalized spacial score (nSPS) is 16.3. The zero-order valence-corrected chi connectivity index (χ0v) is 14.5. The molecule has 0 amide bonds. The van der Waals surface area contributed by atoms with E-state index >= 15 is 0 Å². The van der Waals surface area contributed by atoms with E-state index < -0.39 is 0 Å². The maximum atomic E-state index is 14.5. The fourth-order valence-electron chi connectivity index (χ4n) is 3.71. The Kier molecular flexibility index (Phi) is 4.33. The van der Waals surface area contributed by atoms with Crippen molar-refractivity contribution in [2.45, 2.75) is 12.5 Å². The van der Waals surface area contributed by atoms with E-state index in [4.69, 9.17) is 4.74 Å². The first-order valence-electron chi connectivity index (χ1n) is 8.61. The predicted octanol–water partition coefficient (Wildman–Crippen LogP) is 5.13. The van der Waals surface area contributed by atoms with Gasteiger partial charge in [0.1, 0.15) is 17.4 Å². The highest BCUT2D eigenvalue weighted by molar-refractivity contribution is 5.57. The molecule has 0 fully saturated rings. The van der Waals surface area contributed by atoms with E-state index in [0.29, 0.717) is 12.2 Å². The minimum atomic E-state index is -0.295. The predicted molar refractivity (Wildman–Crippen MR) is 98.7 cm³/mol. The molecule has 0 N–H and O–H groups in total. The number of fused-ring (bicyclic) bond motifs is 1. The minimum Gasteiger partial charge on any atom is -0.497 e. The number of ether oxygens (including phenoxy) is 1. The van der Waals surface area contributed by atoms with Crippen LogP contribution in [0.15, 0.2) is 66.7 Å². The van der Waals surface area contributed by atoms with Crippen molar-refractivity contribution in [1.29, 1.82) is 0 Å². The van der Waals surface area contributed by atoms with E-state index in [-0.39, 0.29) is 17.7 Å². The van der Waals surface area contributed by atoms with Crippen LogP contribution in [0.5, 0.6) is 5.75 Å². The van der Waals surface area contributed by atoms with Crippen LogP contribution in [-0.2, 0) is 6.42 Å². The van der Waals surface area contributed by atoms with E-state index in [2.05, 4.69) is 0 Å². The van der Waals surface area contributed by atoms with Gasteiger partial charge in [-0.05, 0) is 59.5 Å². The molecule has 1 heterocycles. The molecule has 2 nitrogen and oxygen atoms in total. The number of para-hydroxylation sites is 1. The largest absolute Gasteiger partial charge is 0.497 e. The van der Waals surface area contributed by atoms with Crippen molar-refractivity contribution < 1.29 is 13.5 Å². The van der Waals surface area contributed by atoms with E-state index in [0.717, 1.165) is 28.9 Å². The van der Waals surface area contributed by atoms with Crippen molar-refractivity contribution >= 4 is 5.69 Å². The number of benzene rings is 3. The van der Waals surface area contributed by atoms with E-state index in [1.807, 2.05) is 35.2 Å². The molecular weight excluding hydrogens is 332 g/mol. The van der Waals surface area contributed by atoms with Gasteiger partial charge in [0, 0.05) is 6.54 Å². The zero-order chi connectivity index (χ0) is 18.1. The summed E-state index contributed by atoms with van der Waals surface area (Å²) in [6.45, 7) is 0.641. The highest BCUT2D eigenvalue weighted by Crippen LogP contribution is 2.40. The average Bonchev–Trinajstić information content (AvgIpc) is 2.67. The van der Waals surface area contributed by atoms with Crippen LogP contribution < -0.4 is 9.64 Å². The summed E-state index contributed by atoms with van der Waals surface area (Å²) in [6.07, 6.45) is 0.771. The summed E-state index contributed by atoms with van der Waals surface area (Å²) >= 11 is 0. The first-order chi connectivity index (χ1) is 12.7. The van der Waals surface area contributed by atoms with Crippen molar-refractivity contribution in [2.75, 3.05) is 18.6 Å². The van der Waals surface area contributed by atoms with Crippen molar-refractivity contribution in [3.8, 4) is 5.75 Å². The number of rotatable bonds is 3. The van der Waals surface area contributed by atoms with Crippen LogP contribution in [0.3, 0.4) is 0 Å². The fourth-order valence-corrected chi connectivity index (χ4v) is 3.71. The van der Waals surface area contributed by atoms with Crippen LogP contribution in [0.2, 0.25) is 0 Å². The molecule has 4 heteroatoms. The SMILES string of the molecule is COc1ccc2c(c1)CCN(c1ccccc1F)C2c1cccc(F)c1. The number of halogens is 2. The first-order valence-corrected chi connectivity index (χ1v) is 8.61. The van der Waals surface area contributed by atoms with Crippen LogP contribution >= 0.6 is 0 Å². The maximum absolute atomic E-state index is 14.5. The second kappa shape index (κ2) is 6.79. The summed E-state index contributed by atoms with van der Waals surface area (Å²) in [5, 5.41) is 0. The van der Waals surface area contributed by atoms with E-state index in [1.54, 1.807) is 25.3 Å². The third kappa shape index (κ3) is 2.92. The fraction of sp³-hybridized carbons (Fsp3) is 0.182. The topological polar surface area (TPSA) is 12.5 Å². The second-order valence-corrected chi connectivity index (χ2v) is 6.42. The second-order valence-electron chi connectivity index (χ2n) is 6.42. The maximum Gasteiger partial charge on any atom is 0.146 e. The lowest BCUT2D eigenvalue weighted by atomic mass is 9.87. The van der Waals surface area contributed by atoms with Crippen LogP contribution in [0, 0.1) is 11.6 Å². The molecule has 1 unspecified atom stereocenters. The van der Waals surface area contributed by atoms with E-state index in [9.17, 15) is 8.78 Å². The third-order valence-corrected chi connectivity index (χ3v) is 4.90. The lowest BCUT2D eigenvalue weighted by Crippen LogP contribution is -2.36. The van der Waals surface area contributed by atoms with Gasteiger partial charge in [-0.2, -0.15) is 0 Å². The van der Waals surface area contributed by atoms with Gasteiger partial charge >= 0.3 is 0 Å². The molecular formula is C22H19F2NO. The first kappa shape index (κ1) is 16.6. The Hall–Kier alpha value is -2.88. The average molecular weight is 351 g/mol. The van der Waals surface area contributed by atoms with Gasteiger partial charge in [0.2, 0.25) is 0 Å². The Balaban J connectivity index is 1.88. The summed E-state index contributed by atoms with van der Waals surface area (Å²) in [5.74, 6) is 0.226. The number of hydrogen-bond donors (Lipinski definition) is 0. The molecule has 4 rings (SSSR count). The van der Waals surface area contributed by atoms with Crippen molar-refractivity contribution in [1.82, 2.24) is 0 Å². The van der Waals surface area contributed by atoms with Gasteiger partial charge in [0.05, 0.1) is 18.8 Å². The summed E-state index contributed by atoms with van der Waals surface area (Å²) in [7, 11) is 1.64. The number of anilines is 1. The van der Waals surface area contributed by atoms with Crippen molar-refractivity contribution in [3.05, 3.63) is 95.1 Å². The van der Waals surface area contributed by atoms with Crippen LogP contribution in [0.1, 0.15) is 22.7 Å². The molecule has 132 valence electrons. The van der Waals surface area contributed by atoms with Gasteiger partial charge in [-0.15, -0.1) is 0 Å². The monoisotopic (exact) mass is 351 g/mol. The summed E-state index contributed by atoms with van der Waals surface area (Å²) < 4.78 is 33.8. The molecule has 0 bridgehead atoms. The van der Waals surface area contributed by atoms with Crippen molar-refractivity contribution in [3.63, 3.8) is 0 Å². The van der Waals surface area contributed by atoms with E-state index in [1.165, 1.54) is 18.2 Å². The minimum absolute atomic E-state index is 0.253. The van der Waals surface area contributed by atoms with Gasteiger partial charge in [-0.3, -0.25) is 0 Å². The lowest BCUT2D eigenvalue weighted by Gasteiger charge is -2.39. The number of hydrogen-bond acceptors (Lipinski definition) is 2. The standard InChI is InChI=1S/C22H19F2NO/c1-26-18-9-10-19-15(14-18)11-12-25(21-8-3-2-7-20(21)24)22(19)16-5-4-6-17(23)13-16/h2-10,13-14,22H,11-12H2,1H3. The molecule has 1 atom stereocenters. The van der Waals surface area contributed by atoms with Gasteiger partial charge in [-0.25, -0.2) is 8.78 Å². The van der Waals surface area contributed by atoms with Gasteiger partial charge in [0.25, 0.3) is 0 Å². The van der Waals surface area contributed by atoms with Gasteiger partial charge in [0.15, 0.2) is 0 Å². The molecule has 0 aliphatic carbocycles. The Bertz CT molecular complexity index is 941. The highest BCUT2D eigenvalue weighted by atomic mass is 19.1. The smallest absolute Gasteiger partial charge is 0.146 e. The van der Waals surface area contributed by atoms with Gasteiger partial charge < -0.3 is 9.64 Å². The molecule has 0 radical (unpaired) electrons. The molecule has 0 spiro atoms. The molecule has 3 aromatic rings. The summed E-state index contributed by atoms with van der Waals surface area (Å²) in [4.78, 5) is 2.01. The van der Waals surface area contributed by atoms with Gasteiger partial charge in [-0.1, -0.05) is 30.3 Å². The Morgan fingerprint density at radius 1 is 0.962 bits per heavy atom. The molecule has 0 saturated heterocycles. The van der Waals surface area contributed by atoms with Crippen LogP contribution in [-0.4, -0.2) is 13.7 Å². The Labute approximate surface area is 151 Å². The molecule has 26 heavy (non-hydrogen) atoms. The molecule has 1 aliphatic rings. The molecule has 3 aromatic carbocycles. The Morgan fingerprint density at radius 2 is 1.81 bits per heavy atom. The van der Waals surface area contributed by atoms with Crippen LogP contribution in [0.4, 0.5) is 14.5 Å².